The molecule has 0 aliphatic carbocycles. The van der Waals surface area contributed by atoms with E-state index in [1.165, 1.54) is 37.7 Å². The molecule has 2 N–H and O–H groups in total. The Morgan fingerprint density at radius 2 is 1.89 bits per heavy atom. The Bertz CT molecular complexity index is 604. The zero-order valence-corrected chi connectivity index (χ0v) is 19.0. The molecule has 0 amide bonds. The van der Waals surface area contributed by atoms with Crippen molar-refractivity contribution in [2.75, 3.05) is 27.4 Å². The van der Waals surface area contributed by atoms with Crippen molar-refractivity contribution in [1.82, 2.24) is 0 Å². The molecule has 0 unspecified atom stereocenters. The summed E-state index contributed by atoms with van der Waals surface area (Å²) in [6.07, 6.45) is 7.42. The zero-order chi connectivity index (χ0) is 20.6. The minimum atomic E-state index is 0.0541. The molecule has 4 heteroatoms. The van der Waals surface area contributed by atoms with E-state index in [1.807, 2.05) is 6.07 Å². The summed E-state index contributed by atoms with van der Waals surface area (Å²) in [4.78, 5) is 0. The van der Waals surface area contributed by atoms with Crippen LogP contribution in [-0.4, -0.2) is 33.0 Å². The Morgan fingerprint density at radius 1 is 1.14 bits per heavy atom. The van der Waals surface area contributed by atoms with E-state index in [1.54, 1.807) is 14.2 Å². The average Bonchev–Trinajstić information content (AvgIpc) is 2.69. The summed E-state index contributed by atoms with van der Waals surface area (Å²) < 4.78 is 16.9. The number of quaternary nitrogens is 1. The smallest absolute Gasteiger partial charge is 0.161 e. The van der Waals surface area contributed by atoms with Crippen molar-refractivity contribution in [2.24, 2.45) is 11.3 Å². The number of benzene rings is 1. The van der Waals surface area contributed by atoms with E-state index in [4.69, 9.17) is 14.2 Å². The van der Waals surface area contributed by atoms with E-state index in [0.717, 1.165) is 43.5 Å². The lowest BCUT2D eigenvalue weighted by molar-refractivity contribution is -0.672. The van der Waals surface area contributed by atoms with Gasteiger partial charge in [-0.25, -0.2) is 0 Å². The maximum absolute atomic E-state index is 6.16. The molecule has 2 atom stereocenters. The normalized spacial score (nSPS) is 25.1. The molecule has 2 rings (SSSR count). The highest BCUT2D eigenvalue weighted by atomic mass is 16.5. The molecular weight excluding hydrogens is 350 g/mol. The molecule has 28 heavy (non-hydrogen) atoms. The molecule has 1 aromatic carbocycles. The van der Waals surface area contributed by atoms with Crippen LogP contribution in [0.4, 0.5) is 0 Å². The minimum Gasteiger partial charge on any atom is -0.493 e. The Hall–Kier alpha value is -1.26. The van der Waals surface area contributed by atoms with Gasteiger partial charge in [-0.2, -0.15) is 0 Å². The maximum atomic E-state index is 6.16. The SMILES string of the molecule is CC[C@@]1(C)C[C@@](CC[NH2+]Cc2ccc(OC)c(OC)c2)(CCC(C)C)CCO1. The third kappa shape index (κ3) is 6.38. The first kappa shape index (κ1) is 23.0. The number of ether oxygens (including phenoxy) is 3. The van der Waals surface area contributed by atoms with E-state index in [9.17, 15) is 0 Å². The van der Waals surface area contributed by atoms with E-state index >= 15 is 0 Å². The van der Waals surface area contributed by atoms with Crippen LogP contribution in [0.5, 0.6) is 11.5 Å². The lowest BCUT2D eigenvalue weighted by Gasteiger charge is -2.46. The number of hydrogen-bond acceptors (Lipinski definition) is 3. The van der Waals surface area contributed by atoms with Crippen molar-refractivity contribution < 1.29 is 19.5 Å². The van der Waals surface area contributed by atoms with Crippen LogP contribution in [0.25, 0.3) is 0 Å². The van der Waals surface area contributed by atoms with Crippen molar-refractivity contribution in [3.05, 3.63) is 23.8 Å². The molecule has 1 heterocycles. The quantitative estimate of drug-likeness (QED) is 0.562. The second-order valence-corrected chi connectivity index (χ2v) is 9.23. The standard InChI is InChI=1S/C24H41NO3/c1-7-23(4)18-24(13-15-28-23,11-10-19(2)3)12-14-25-17-20-8-9-21(26-5)22(16-20)27-6/h8-9,16,19,25H,7,10-15,17-18H2,1-6H3/p+1/t23-,24+/m0/s1. The van der Waals surface area contributed by atoms with Crippen LogP contribution in [0.1, 0.15) is 71.8 Å². The topological polar surface area (TPSA) is 44.3 Å². The Balaban J connectivity index is 1.94. The minimum absolute atomic E-state index is 0.0541. The highest BCUT2D eigenvalue weighted by Gasteiger charge is 2.42. The molecule has 4 nitrogen and oxygen atoms in total. The van der Waals surface area contributed by atoms with Gasteiger partial charge in [-0.15, -0.1) is 0 Å². The first-order valence-corrected chi connectivity index (χ1v) is 11.0. The summed E-state index contributed by atoms with van der Waals surface area (Å²) >= 11 is 0. The van der Waals surface area contributed by atoms with Gasteiger partial charge in [-0.3, -0.25) is 0 Å². The summed E-state index contributed by atoms with van der Waals surface area (Å²) in [5, 5.41) is 2.44. The predicted octanol–water partition coefficient (Wildman–Crippen LogP) is 4.56. The fraction of sp³-hybridized carbons (Fsp3) is 0.750. The number of methoxy groups -OCH3 is 2. The Morgan fingerprint density at radius 3 is 2.54 bits per heavy atom. The van der Waals surface area contributed by atoms with Crippen LogP contribution in [0.15, 0.2) is 18.2 Å². The first-order valence-electron chi connectivity index (χ1n) is 11.0. The number of nitrogens with two attached hydrogens (primary N) is 1. The monoisotopic (exact) mass is 392 g/mol. The van der Waals surface area contributed by atoms with Gasteiger partial charge >= 0.3 is 0 Å². The van der Waals surface area contributed by atoms with E-state index in [0.29, 0.717) is 5.41 Å². The molecule has 0 radical (unpaired) electrons. The third-order valence-electron chi connectivity index (χ3n) is 6.54. The first-order chi connectivity index (χ1) is 13.4. The van der Waals surface area contributed by atoms with Crippen molar-refractivity contribution in [3.8, 4) is 11.5 Å². The fourth-order valence-electron chi connectivity index (χ4n) is 4.50. The summed E-state index contributed by atoms with van der Waals surface area (Å²) in [6, 6.07) is 6.22. The summed E-state index contributed by atoms with van der Waals surface area (Å²) in [5.41, 5.74) is 1.76. The van der Waals surface area contributed by atoms with Crippen LogP contribution < -0.4 is 14.8 Å². The molecule has 1 aromatic rings. The molecule has 0 bridgehead atoms. The molecule has 0 spiro atoms. The van der Waals surface area contributed by atoms with E-state index in [-0.39, 0.29) is 5.60 Å². The van der Waals surface area contributed by atoms with Gasteiger partial charge in [-0.1, -0.05) is 27.2 Å². The maximum Gasteiger partial charge on any atom is 0.161 e. The van der Waals surface area contributed by atoms with Gasteiger partial charge in [0.2, 0.25) is 0 Å². The highest BCUT2D eigenvalue weighted by molar-refractivity contribution is 5.42. The van der Waals surface area contributed by atoms with Gasteiger partial charge < -0.3 is 19.5 Å². The van der Waals surface area contributed by atoms with Crippen molar-refractivity contribution in [3.63, 3.8) is 0 Å². The fourth-order valence-corrected chi connectivity index (χ4v) is 4.50. The van der Waals surface area contributed by atoms with Crippen molar-refractivity contribution in [2.45, 2.75) is 78.4 Å². The van der Waals surface area contributed by atoms with E-state index < -0.39 is 0 Å². The van der Waals surface area contributed by atoms with Gasteiger partial charge in [0, 0.05) is 18.6 Å². The van der Waals surface area contributed by atoms with Gasteiger partial charge in [0.25, 0.3) is 0 Å². The molecule has 1 saturated heterocycles. The molecule has 1 fully saturated rings. The summed E-state index contributed by atoms with van der Waals surface area (Å²) in [7, 11) is 3.37. The average molecular weight is 393 g/mol. The van der Waals surface area contributed by atoms with Crippen LogP contribution in [0.3, 0.4) is 0 Å². The summed E-state index contributed by atoms with van der Waals surface area (Å²) in [5.74, 6) is 2.37. The van der Waals surface area contributed by atoms with Crippen LogP contribution in [0, 0.1) is 11.3 Å². The molecule has 1 aliphatic rings. The molecule has 160 valence electrons. The van der Waals surface area contributed by atoms with Crippen LogP contribution >= 0.6 is 0 Å². The molecular formula is C24H42NO3+. The summed E-state index contributed by atoms with van der Waals surface area (Å²) in [6.45, 7) is 12.3. The molecule has 1 aliphatic heterocycles. The lowest BCUT2D eigenvalue weighted by Crippen LogP contribution is -2.83. The van der Waals surface area contributed by atoms with Crippen molar-refractivity contribution in [1.29, 1.82) is 0 Å². The third-order valence-corrected chi connectivity index (χ3v) is 6.54. The van der Waals surface area contributed by atoms with Crippen LogP contribution in [0.2, 0.25) is 0 Å². The Kier molecular flexibility index (Phi) is 8.63. The lowest BCUT2D eigenvalue weighted by atomic mass is 9.67. The number of hydrogen-bond donors (Lipinski definition) is 1. The second kappa shape index (κ2) is 10.5. The number of rotatable bonds is 11. The second-order valence-electron chi connectivity index (χ2n) is 9.23. The predicted molar refractivity (Wildman–Crippen MR) is 115 cm³/mol. The van der Waals surface area contributed by atoms with E-state index in [2.05, 4.69) is 45.1 Å². The van der Waals surface area contributed by atoms with Crippen LogP contribution in [-0.2, 0) is 11.3 Å². The molecule has 0 aromatic heterocycles. The van der Waals surface area contributed by atoms with Gasteiger partial charge in [0.1, 0.15) is 6.54 Å². The largest absolute Gasteiger partial charge is 0.493 e. The highest BCUT2D eigenvalue weighted by Crippen LogP contribution is 2.46. The zero-order valence-electron chi connectivity index (χ0n) is 19.0. The van der Waals surface area contributed by atoms with Gasteiger partial charge in [0.15, 0.2) is 11.5 Å². The Labute approximate surface area is 172 Å². The van der Waals surface area contributed by atoms with Gasteiger partial charge in [-0.05, 0) is 62.1 Å². The van der Waals surface area contributed by atoms with Crippen molar-refractivity contribution >= 4 is 0 Å². The van der Waals surface area contributed by atoms with Gasteiger partial charge in [0.05, 0.1) is 26.4 Å². The molecule has 0 saturated carbocycles.